The van der Waals surface area contributed by atoms with Crippen LogP contribution in [0, 0.1) is 0 Å². The summed E-state index contributed by atoms with van der Waals surface area (Å²) in [6, 6.07) is 21.2. The fourth-order valence-corrected chi connectivity index (χ4v) is 3.93. The van der Waals surface area contributed by atoms with E-state index in [0.717, 1.165) is 5.56 Å². The Labute approximate surface area is 203 Å². The molecular weight excluding hydrogens is 474 g/mol. The standard InChI is InChI=1S/C25H24ClN3O4S/c1-27-34(32,33)22-14-9-18(10-15-22)11-16-23(30)29-24(20-5-3-2-4-6-20)25(31)28-17-19-7-12-21(26)13-8-19/h2-16,24,27H,17H2,1H3,(H,28,31)(H,29,30)/b16-11+. The molecule has 0 aliphatic rings. The number of sulfonamides is 1. The smallest absolute Gasteiger partial charge is 0.247 e. The van der Waals surface area contributed by atoms with Crippen molar-refractivity contribution in [1.29, 1.82) is 0 Å². The normalized spacial score (nSPS) is 12.3. The summed E-state index contributed by atoms with van der Waals surface area (Å²) < 4.78 is 25.9. The lowest BCUT2D eigenvalue weighted by Crippen LogP contribution is -2.39. The molecule has 0 aliphatic carbocycles. The van der Waals surface area contributed by atoms with Gasteiger partial charge in [-0.1, -0.05) is 66.2 Å². The molecule has 0 aliphatic heterocycles. The SMILES string of the molecule is CNS(=O)(=O)c1ccc(/C=C/C(=O)NC(C(=O)NCc2ccc(Cl)cc2)c2ccccc2)cc1. The van der Waals surface area contributed by atoms with Crippen LogP contribution < -0.4 is 15.4 Å². The summed E-state index contributed by atoms with van der Waals surface area (Å²) in [5.74, 6) is -0.827. The molecule has 3 aromatic rings. The second kappa shape index (κ2) is 11.6. The minimum atomic E-state index is -3.53. The number of halogens is 1. The van der Waals surface area contributed by atoms with Crippen LogP contribution in [0.5, 0.6) is 0 Å². The van der Waals surface area contributed by atoms with E-state index in [-0.39, 0.29) is 17.3 Å². The molecule has 1 atom stereocenters. The summed E-state index contributed by atoms with van der Waals surface area (Å²) in [5, 5.41) is 6.17. The molecule has 176 valence electrons. The molecule has 0 saturated heterocycles. The largest absolute Gasteiger partial charge is 0.350 e. The molecule has 2 amide bonds. The topological polar surface area (TPSA) is 104 Å². The number of hydrogen-bond donors (Lipinski definition) is 3. The zero-order valence-corrected chi connectivity index (χ0v) is 19.9. The lowest BCUT2D eigenvalue weighted by atomic mass is 10.1. The maximum Gasteiger partial charge on any atom is 0.247 e. The van der Waals surface area contributed by atoms with E-state index in [4.69, 9.17) is 11.6 Å². The second-order valence-corrected chi connectivity index (χ2v) is 9.63. The highest BCUT2D eigenvalue weighted by atomic mass is 35.5. The van der Waals surface area contributed by atoms with Gasteiger partial charge >= 0.3 is 0 Å². The summed E-state index contributed by atoms with van der Waals surface area (Å²) in [6.45, 7) is 0.285. The first-order chi connectivity index (χ1) is 16.3. The number of benzene rings is 3. The molecular formula is C25H24ClN3O4S. The molecule has 0 saturated carbocycles. The molecule has 3 rings (SSSR count). The van der Waals surface area contributed by atoms with Gasteiger partial charge in [0.1, 0.15) is 6.04 Å². The molecule has 0 radical (unpaired) electrons. The third-order valence-corrected chi connectivity index (χ3v) is 6.63. The van der Waals surface area contributed by atoms with Crippen LogP contribution >= 0.6 is 11.6 Å². The Morgan fingerprint density at radius 1 is 0.941 bits per heavy atom. The summed E-state index contributed by atoms with van der Waals surface area (Å²) in [5.41, 5.74) is 2.15. The first kappa shape index (κ1) is 25.2. The van der Waals surface area contributed by atoms with Gasteiger partial charge in [-0.15, -0.1) is 0 Å². The van der Waals surface area contributed by atoms with E-state index in [2.05, 4.69) is 15.4 Å². The summed E-state index contributed by atoms with van der Waals surface area (Å²) in [7, 11) is -2.20. The first-order valence-corrected chi connectivity index (χ1v) is 12.2. The van der Waals surface area contributed by atoms with Crippen LogP contribution in [0.25, 0.3) is 6.08 Å². The van der Waals surface area contributed by atoms with E-state index >= 15 is 0 Å². The first-order valence-electron chi connectivity index (χ1n) is 10.4. The van der Waals surface area contributed by atoms with Crippen molar-refractivity contribution < 1.29 is 18.0 Å². The van der Waals surface area contributed by atoms with Gasteiger partial charge in [0, 0.05) is 17.6 Å². The summed E-state index contributed by atoms with van der Waals surface area (Å²) in [6.07, 6.45) is 2.84. The Morgan fingerprint density at radius 2 is 1.59 bits per heavy atom. The van der Waals surface area contributed by atoms with Crippen molar-refractivity contribution in [1.82, 2.24) is 15.4 Å². The fourth-order valence-electron chi connectivity index (χ4n) is 3.08. The molecule has 9 heteroatoms. The molecule has 0 fully saturated rings. The molecule has 0 bridgehead atoms. The lowest BCUT2D eigenvalue weighted by molar-refractivity contribution is -0.127. The highest BCUT2D eigenvalue weighted by Gasteiger charge is 2.21. The predicted molar refractivity (Wildman–Crippen MR) is 132 cm³/mol. The van der Waals surface area contributed by atoms with E-state index in [1.807, 2.05) is 18.2 Å². The van der Waals surface area contributed by atoms with Crippen molar-refractivity contribution >= 4 is 39.5 Å². The summed E-state index contributed by atoms with van der Waals surface area (Å²) in [4.78, 5) is 25.6. The van der Waals surface area contributed by atoms with Crippen molar-refractivity contribution in [3.8, 4) is 0 Å². The Bertz CT molecular complexity index is 1260. The van der Waals surface area contributed by atoms with Gasteiger partial charge in [-0.25, -0.2) is 13.1 Å². The van der Waals surface area contributed by atoms with E-state index in [9.17, 15) is 18.0 Å². The highest BCUT2D eigenvalue weighted by Crippen LogP contribution is 2.15. The van der Waals surface area contributed by atoms with Crippen molar-refractivity contribution in [2.75, 3.05) is 7.05 Å². The van der Waals surface area contributed by atoms with Gasteiger partial charge in [0.15, 0.2) is 0 Å². The third-order valence-electron chi connectivity index (χ3n) is 4.95. The maximum absolute atomic E-state index is 12.9. The van der Waals surface area contributed by atoms with E-state index < -0.39 is 22.0 Å². The van der Waals surface area contributed by atoms with E-state index in [0.29, 0.717) is 16.1 Å². The predicted octanol–water partition coefficient (Wildman–Crippen LogP) is 3.44. The van der Waals surface area contributed by atoms with Gasteiger partial charge in [0.2, 0.25) is 21.8 Å². The minimum Gasteiger partial charge on any atom is -0.350 e. The molecule has 34 heavy (non-hydrogen) atoms. The Kier molecular flexibility index (Phi) is 8.59. The van der Waals surface area contributed by atoms with Crippen LogP contribution in [-0.2, 0) is 26.2 Å². The average molecular weight is 498 g/mol. The van der Waals surface area contributed by atoms with E-state index in [1.54, 1.807) is 54.6 Å². The number of rotatable bonds is 9. The minimum absolute atomic E-state index is 0.123. The maximum atomic E-state index is 12.9. The van der Waals surface area contributed by atoms with Crippen LogP contribution in [0.2, 0.25) is 5.02 Å². The number of amides is 2. The molecule has 0 aromatic heterocycles. The van der Waals surface area contributed by atoms with Crippen LogP contribution in [0.1, 0.15) is 22.7 Å². The quantitative estimate of drug-likeness (QED) is 0.394. The van der Waals surface area contributed by atoms with Crippen LogP contribution in [0.15, 0.2) is 89.8 Å². The zero-order chi connectivity index (χ0) is 24.6. The molecule has 0 spiro atoms. The zero-order valence-electron chi connectivity index (χ0n) is 18.4. The van der Waals surface area contributed by atoms with Gasteiger partial charge in [0.25, 0.3) is 0 Å². The van der Waals surface area contributed by atoms with Crippen LogP contribution in [-0.4, -0.2) is 27.3 Å². The van der Waals surface area contributed by atoms with Gasteiger partial charge in [0.05, 0.1) is 4.90 Å². The molecule has 1 unspecified atom stereocenters. The average Bonchev–Trinajstić information content (AvgIpc) is 2.86. The number of carbonyl (C=O) groups excluding carboxylic acids is 2. The highest BCUT2D eigenvalue weighted by molar-refractivity contribution is 7.89. The van der Waals surface area contributed by atoms with Gasteiger partial charge in [-0.05, 0) is 54.1 Å². The van der Waals surface area contributed by atoms with Gasteiger partial charge in [-0.3, -0.25) is 9.59 Å². The number of carbonyl (C=O) groups is 2. The lowest BCUT2D eigenvalue weighted by Gasteiger charge is -2.18. The van der Waals surface area contributed by atoms with E-state index in [1.165, 1.54) is 25.3 Å². The third kappa shape index (κ3) is 7.02. The van der Waals surface area contributed by atoms with Crippen molar-refractivity contribution in [3.05, 3.63) is 107 Å². The fraction of sp³-hybridized carbons (Fsp3) is 0.120. The van der Waals surface area contributed by atoms with Gasteiger partial charge in [-0.2, -0.15) is 0 Å². The molecule has 0 heterocycles. The van der Waals surface area contributed by atoms with Crippen molar-refractivity contribution in [2.24, 2.45) is 0 Å². The van der Waals surface area contributed by atoms with Crippen molar-refractivity contribution in [3.63, 3.8) is 0 Å². The second-order valence-electron chi connectivity index (χ2n) is 7.31. The summed E-state index contributed by atoms with van der Waals surface area (Å²) >= 11 is 5.90. The Morgan fingerprint density at radius 3 is 2.21 bits per heavy atom. The van der Waals surface area contributed by atoms with Crippen LogP contribution in [0.3, 0.4) is 0 Å². The van der Waals surface area contributed by atoms with Crippen LogP contribution in [0.4, 0.5) is 0 Å². The molecule has 3 N–H and O–H groups in total. The molecule has 3 aromatic carbocycles. The number of hydrogen-bond acceptors (Lipinski definition) is 4. The monoisotopic (exact) mass is 497 g/mol. The Balaban J connectivity index is 1.69. The van der Waals surface area contributed by atoms with Crippen molar-refractivity contribution in [2.45, 2.75) is 17.5 Å². The Hall–Kier alpha value is -3.46. The number of nitrogens with one attached hydrogen (secondary N) is 3. The van der Waals surface area contributed by atoms with Gasteiger partial charge < -0.3 is 10.6 Å². The molecule has 7 nitrogen and oxygen atoms in total.